The van der Waals surface area contributed by atoms with Crippen molar-refractivity contribution in [3.63, 3.8) is 0 Å². The van der Waals surface area contributed by atoms with Gasteiger partial charge in [-0.25, -0.2) is 0 Å². The van der Waals surface area contributed by atoms with E-state index in [1.54, 1.807) is 43.3 Å². The van der Waals surface area contributed by atoms with Crippen molar-refractivity contribution >= 4 is 17.6 Å². The van der Waals surface area contributed by atoms with Gasteiger partial charge in [-0.05, 0) is 31.2 Å². The van der Waals surface area contributed by atoms with Crippen LogP contribution in [-0.4, -0.2) is 23.5 Å². The SMILES string of the molecule is Cc1ccc(C(=O)N(CCC(=O)O)c2ccccc2)o1. The Kier molecular flexibility index (Phi) is 4.20. The average Bonchev–Trinajstić information content (AvgIpc) is 2.86. The van der Waals surface area contributed by atoms with Crippen molar-refractivity contribution in [2.24, 2.45) is 0 Å². The normalized spacial score (nSPS) is 10.2. The first-order chi connectivity index (χ1) is 9.58. The molecule has 1 aromatic carbocycles. The molecule has 0 aliphatic heterocycles. The summed E-state index contributed by atoms with van der Waals surface area (Å²) in [4.78, 5) is 24.6. The molecule has 0 radical (unpaired) electrons. The van der Waals surface area contributed by atoms with Gasteiger partial charge in [0.25, 0.3) is 5.91 Å². The maximum atomic E-state index is 12.4. The Balaban J connectivity index is 2.26. The van der Waals surface area contributed by atoms with Crippen LogP contribution < -0.4 is 4.90 Å². The van der Waals surface area contributed by atoms with Crippen molar-refractivity contribution in [1.82, 2.24) is 0 Å². The van der Waals surface area contributed by atoms with Gasteiger partial charge in [0.1, 0.15) is 5.76 Å². The smallest absolute Gasteiger partial charge is 0.305 e. The highest BCUT2D eigenvalue weighted by Crippen LogP contribution is 2.18. The van der Waals surface area contributed by atoms with Gasteiger partial charge in [-0.2, -0.15) is 0 Å². The molecule has 1 N–H and O–H groups in total. The number of furan rings is 1. The summed E-state index contributed by atoms with van der Waals surface area (Å²) in [6.07, 6.45) is -0.125. The molecule has 0 spiro atoms. The molecule has 1 amide bonds. The molecule has 1 heterocycles. The number of rotatable bonds is 5. The maximum absolute atomic E-state index is 12.4. The second-order valence-corrected chi connectivity index (χ2v) is 4.35. The number of nitrogens with zero attached hydrogens (tertiary/aromatic N) is 1. The highest BCUT2D eigenvalue weighted by atomic mass is 16.4. The van der Waals surface area contributed by atoms with Crippen LogP contribution in [-0.2, 0) is 4.79 Å². The second kappa shape index (κ2) is 6.06. The maximum Gasteiger partial charge on any atom is 0.305 e. The molecule has 0 unspecified atom stereocenters. The van der Waals surface area contributed by atoms with Gasteiger partial charge in [-0.15, -0.1) is 0 Å². The van der Waals surface area contributed by atoms with Crippen LogP contribution in [0.15, 0.2) is 46.9 Å². The van der Waals surface area contributed by atoms with Gasteiger partial charge >= 0.3 is 5.97 Å². The van der Waals surface area contributed by atoms with Crippen molar-refractivity contribution < 1.29 is 19.1 Å². The number of carboxylic acid groups (broad SMARTS) is 1. The average molecular weight is 273 g/mol. The molecule has 2 aromatic rings. The van der Waals surface area contributed by atoms with Gasteiger partial charge in [0.2, 0.25) is 0 Å². The second-order valence-electron chi connectivity index (χ2n) is 4.35. The monoisotopic (exact) mass is 273 g/mol. The fraction of sp³-hybridized carbons (Fsp3) is 0.200. The number of hydrogen-bond donors (Lipinski definition) is 1. The molecule has 0 atom stereocenters. The van der Waals surface area contributed by atoms with Crippen molar-refractivity contribution in [3.05, 3.63) is 54.0 Å². The highest BCUT2D eigenvalue weighted by molar-refractivity contribution is 6.04. The lowest BCUT2D eigenvalue weighted by molar-refractivity contribution is -0.136. The van der Waals surface area contributed by atoms with Gasteiger partial charge in [0.05, 0.1) is 6.42 Å². The fourth-order valence-corrected chi connectivity index (χ4v) is 1.85. The quantitative estimate of drug-likeness (QED) is 0.909. The van der Waals surface area contributed by atoms with Crippen LogP contribution in [0.3, 0.4) is 0 Å². The molecule has 0 bridgehead atoms. The summed E-state index contributed by atoms with van der Waals surface area (Å²) in [6, 6.07) is 12.2. The van der Waals surface area contributed by atoms with Crippen LogP contribution in [0.1, 0.15) is 22.7 Å². The number of benzene rings is 1. The Morgan fingerprint density at radius 1 is 1.15 bits per heavy atom. The zero-order chi connectivity index (χ0) is 14.5. The van der Waals surface area contributed by atoms with E-state index >= 15 is 0 Å². The minimum absolute atomic E-state index is 0.0952. The Labute approximate surface area is 116 Å². The van der Waals surface area contributed by atoms with Gasteiger partial charge in [0, 0.05) is 12.2 Å². The predicted molar refractivity (Wildman–Crippen MR) is 73.8 cm³/mol. The molecule has 5 nitrogen and oxygen atoms in total. The number of aryl methyl sites for hydroxylation is 1. The van der Waals surface area contributed by atoms with Crippen molar-refractivity contribution in [1.29, 1.82) is 0 Å². The van der Waals surface area contributed by atoms with E-state index in [1.165, 1.54) is 4.90 Å². The van der Waals surface area contributed by atoms with E-state index in [0.717, 1.165) is 0 Å². The molecule has 2 rings (SSSR count). The van der Waals surface area contributed by atoms with E-state index in [4.69, 9.17) is 9.52 Å². The molecular weight excluding hydrogens is 258 g/mol. The lowest BCUT2D eigenvalue weighted by atomic mass is 10.2. The molecule has 5 heteroatoms. The Bertz CT molecular complexity index is 603. The first kappa shape index (κ1) is 13.9. The van der Waals surface area contributed by atoms with Crippen molar-refractivity contribution in [2.45, 2.75) is 13.3 Å². The molecule has 20 heavy (non-hydrogen) atoms. The summed E-state index contributed by atoms with van der Waals surface area (Å²) in [5.41, 5.74) is 0.646. The van der Waals surface area contributed by atoms with Crippen molar-refractivity contribution in [2.75, 3.05) is 11.4 Å². The fourth-order valence-electron chi connectivity index (χ4n) is 1.85. The van der Waals surface area contributed by atoms with E-state index in [-0.39, 0.29) is 24.6 Å². The first-order valence-corrected chi connectivity index (χ1v) is 6.23. The van der Waals surface area contributed by atoms with Crippen LogP contribution in [0.5, 0.6) is 0 Å². The molecule has 0 aliphatic rings. The summed E-state index contributed by atoms with van der Waals surface area (Å²) in [7, 11) is 0. The number of aliphatic carboxylic acids is 1. The predicted octanol–water partition coefficient (Wildman–Crippen LogP) is 2.71. The lowest BCUT2D eigenvalue weighted by Gasteiger charge is -2.20. The largest absolute Gasteiger partial charge is 0.481 e. The number of carbonyl (C=O) groups excluding carboxylic acids is 1. The van der Waals surface area contributed by atoms with Crippen LogP contribution in [0, 0.1) is 6.92 Å². The molecule has 0 aliphatic carbocycles. The van der Waals surface area contributed by atoms with E-state index in [1.807, 2.05) is 6.07 Å². The van der Waals surface area contributed by atoms with E-state index in [9.17, 15) is 9.59 Å². The number of carboxylic acids is 1. The molecule has 1 aromatic heterocycles. The van der Waals surface area contributed by atoms with Gasteiger partial charge in [0.15, 0.2) is 5.76 Å². The zero-order valence-corrected chi connectivity index (χ0v) is 11.1. The molecule has 0 saturated carbocycles. The molecule has 0 fully saturated rings. The lowest BCUT2D eigenvalue weighted by Crippen LogP contribution is -2.32. The third-order valence-electron chi connectivity index (χ3n) is 2.81. The third kappa shape index (κ3) is 3.26. The third-order valence-corrected chi connectivity index (χ3v) is 2.81. The number of amides is 1. The summed E-state index contributed by atoms with van der Waals surface area (Å²) in [6.45, 7) is 1.85. The first-order valence-electron chi connectivity index (χ1n) is 6.23. The van der Waals surface area contributed by atoms with Crippen LogP contribution >= 0.6 is 0 Å². The Morgan fingerprint density at radius 2 is 1.85 bits per heavy atom. The Morgan fingerprint density at radius 3 is 2.40 bits per heavy atom. The highest BCUT2D eigenvalue weighted by Gasteiger charge is 2.21. The number of para-hydroxylation sites is 1. The molecule has 0 saturated heterocycles. The summed E-state index contributed by atoms with van der Waals surface area (Å²) >= 11 is 0. The van der Waals surface area contributed by atoms with Crippen LogP contribution in [0.4, 0.5) is 5.69 Å². The Hall–Kier alpha value is -2.56. The van der Waals surface area contributed by atoms with Crippen LogP contribution in [0.2, 0.25) is 0 Å². The van der Waals surface area contributed by atoms with E-state index in [0.29, 0.717) is 11.4 Å². The topological polar surface area (TPSA) is 70.8 Å². The minimum atomic E-state index is -0.950. The van der Waals surface area contributed by atoms with Crippen LogP contribution in [0.25, 0.3) is 0 Å². The van der Waals surface area contributed by atoms with Gasteiger partial charge in [-0.1, -0.05) is 18.2 Å². The zero-order valence-electron chi connectivity index (χ0n) is 11.1. The van der Waals surface area contributed by atoms with Gasteiger partial charge in [-0.3, -0.25) is 9.59 Å². The summed E-state index contributed by atoms with van der Waals surface area (Å²) in [5, 5.41) is 8.80. The molecule has 104 valence electrons. The minimum Gasteiger partial charge on any atom is -0.481 e. The number of anilines is 1. The van der Waals surface area contributed by atoms with Gasteiger partial charge < -0.3 is 14.4 Å². The standard InChI is InChI=1S/C15H15NO4/c1-11-7-8-13(20-11)15(19)16(10-9-14(17)18)12-5-3-2-4-6-12/h2-8H,9-10H2,1H3,(H,17,18). The molecular formula is C15H15NO4. The van der Waals surface area contributed by atoms with E-state index < -0.39 is 5.97 Å². The summed E-state index contributed by atoms with van der Waals surface area (Å²) < 4.78 is 5.32. The number of hydrogen-bond acceptors (Lipinski definition) is 3. The summed E-state index contributed by atoms with van der Waals surface area (Å²) in [5.74, 6) is -0.448. The van der Waals surface area contributed by atoms with E-state index in [2.05, 4.69) is 0 Å². The van der Waals surface area contributed by atoms with Crippen molar-refractivity contribution in [3.8, 4) is 0 Å². The number of carbonyl (C=O) groups is 2.